The molecule has 0 saturated heterocycles. The third-order valence-corrected chi connectivity index (χ3v) is 5.11. The highest BCUT2D eigenvalue weighted by atomic mass is 16.5. The second kappa shape index (κ2) is 7.87. The fourth-order valence-corrected chi connectivity index (χ4v) is 3.93. The van der Waals surface area contributed by atoms with E-state index in [0.29, 0.717) is 11.5 Å². The fourth-order valence-electron chi connectivity index (χ4n) is 3.93. The van der Waals surface area contributed by atoms with Gasteiger partial charge in [-0.1, -0.05) is 55.5 Å². The molecule has 1 aliphatic rings. The SMILES string of the molecule is CC1C/C(=C\c2ccccc2)c2nc3ccccc3c(C(=O)OCC(N)=O)c2C1. The van der Waals surface area contributed by atoms with Crippen LogP contribution in [0.5, 0.6) is 0 Å². The molecule has 0 fully saturated rings. The number of aromatic nitrogens is 1. The average Bonchev–Trinajstić information content (AvgIpc) is 2.71. The number of pyridine rings is 1. The smallest absolute Gasteiger partial charge is 0.339 e. The molecular weight excluding hydrogens is 364 g/mol. The lowest BCUT2D eigenvalue weighted by atomic mass is 9.80. The van der Waals surface area contributed by atoms with Crippen molar-refractivity contribution < 1.29 is 14.3 Å². The molecule has 0 spiro atoms. The maximum Gasteiger partial charge on any atom is 0.339 e. The van der Waals surface area contributed by atoms with Crippen LogP contribution in [0.15, 0.2) is 54.6 Å². The molecule has 1 aromatic heterocycles. The minimum Gasteiger partial charge on any atom is -0.452 e. The second-order valence-electron chi connectivity index (χ2n) is 7.47. The maximum atomic E-state index is 12.9. The zero-order valence-corrected chi connectivity index (χ0v) is 16.2. The zero-order valence-electron chi connectivity index (χ0n) is 16.2. The summed E-state index contributed by atoms with van der Waals surface area (Å²) in [6.07, 6.45) is 3.73. The monoisotopic (exact) mass is 386 g/mol. The van der Waals surface area contributed by atoms with Gasteiger partial charge in [-0.25, -0.2) is 9.78 Å². The summed E-state index contributed by atoms with van der Waals surface area (Å²) in [5, 5.41) is 0.730. The molecule has 3 aromatic rings. The number of esters is 1. The molecule has 146 valence electrons. The first-order valence-electron chi connectivity index (χ1n) is 9.66. The Kier molecular flexibility index (Phi) is 5.12. The predicted octanol–water partition coefficient (Wildman–Crippen LogP) is 4.00. The molecule has 29 heavy (non-hydrogen) atoms. The summed E-state index contributed by atoms with van der Waals surface area (Å²) in [7, 11) is 0. The van der Waals surface area contributed by atoms with E-state index in [1.807, 2.05) is 42.5 Å². The van der Waals surface area contributed by atoms with Crippen molar-refractivity contribution in [3.8, 4) is 0 Å². The summed E-state index contributed by atoms with van der Waals surface area (Å²) in [6.45, 7) is 1.72. The summed E-state index contributed by atoms with van der Waals surface area (Å²) in [5.41, 5.74) is 10.3. The van der Waals surface area contributed by atoms with Crippen molar-refractivity contribution in [3.05, 3.63) is 77.0 Å². The first-order chi connectivity index (χ1) is 14.0. The van der Waals surface area contributed by atoms with Crippen LogP contribution in [-0.4, -0.2) is 23.5 Å². The van der Waals surface area contributed by atoms with E-state index in [0.717, 1.165) is 46.1 Å². The molecule has 2 aromatic carbocycles. The van der Waals surface area contributed by atoms with Crippen LogP contribution in [0, 0.1) is 5.92 Å². The Balaban J connectivity index is 1.91. The number of primary amides is 1. The van der Waals surface area contributed by atoms with Crippen molar-refractivity contribution in [1.82, 2.24) is 4.98 Å². The Labute approximate surface area is 169 Å². The van der Waals surface area contributed by atoms with Gasteiger partial charge in [-0.3, -0.25) is 4.79 Å². The quantitative estimate of drug-likeness (QED) is 0.687. The Morgan fingerprint density at radius 1 is 1.10 bits per heavy atom. The molecule has 2 N–H and O–H groups in total. The molecule has 0 saturated carbocycles. The van der Waals surface area contributed by atoms with E-state index in [1.165, 1.54) is 0 Å². The van der Waals surface area contributed by atoms with Gasteiger partial charge in [-0.15, -0.1) is 0 Å². The lowest BCUT2D eigenvalue weighted by Gasteiger charge is -2.26. The van der Waals surface area contributed by atoms with E-state index in [1.54, 1.807) is 0 Å². The number of rotatable bonds is 4. The second-order valence-corrected chi connectivity index (χ2v) is 7.47. The molecule has 1 aliphatic carbocycles. The largest absolute Gasteiger partial charge is 0.452 e. The van der Waals surface area contributed by atoms with E-state index in [4.69, 9.17) is 15.5 Å². The number of hydrogen-bond donors (Lipinski definition) is 1. The van der Waals surface area contributed by atoms with Crippen molar-refractivity contribution in [2.75, 3.05) is 6.61 Å². The van der Waals surface area contributed by atoms with Gasteiger partial charge in [0.1, 0.15) is 0 Å². The van der Waals surface area contributed by atoms with E-state index in [-0.39, 0.29) is 0 Å². The van der Waals surface area contributed by atoms with Gasteiger partial charge in [-0.05, 0) is 47.6 Å². The van der Waals surface area contributed by atoms with Gasteiger partial charge < -0.3 is 10.5 Å². The van der Waals surface area contributed by atoms with Gasteiger partial charge in [0.25, 0.3) is 5.91 Å². The van der Waals surface area contributed by atoms with Crippen molar-refractivity contribution >= 4 is 34.4 Å². The van der Waals surface area contributed by atoms with Crippen LogP contribution in [0.1, 0.15) is 40.5 Å². The number of amides is 1. The molecule has 1 heterocycles. The van der Waals surface area contributed by atoms with Gasteiger partial charge in [-0.2, -0.15) is 0 Å². The normalized spacial score (nSPS) is 17.1. The third-order valence-electron chi connectivity index (χ3n) is 5.11. The number of allylic oxidation sites excluding steroid dienone is 1. The Bertz CT molecular complexity index is 1120. The summed E-state index contributed by atoms with van der Waals surface area (Å²) in [6, 6.07) is 17.6. The van der Waals surface area contributed by atoms with E-state index in [9.17, 15) is 9.59 Å². The molecule has 1 unspecified atom stereocenters. The molecular formula is C24H22N2O3. The van der Waals surface area contributed by atoms with Crippen LogP contribution in [0.25, 0.3) is 22.6 Å². The topological polar surface area (TPSA) is 82.3 Å². The lowest BCUT2D eigenvalue weighted by Crippen LogP contribution is -2.23. The molecule has 5 nitrogen and oxygen atoms in total. The van der Waals surface area contributed by atoms with Crippen molar-refractivity contribution in [2.24, 2.45) is 11.7 Å². The number of ether oxygens (including phenoxy) is 1. The molecule has 0 radical (unpaired) electrons. The van der Waals surface area contributed by atoms with E-state index in [2.05, 4.69) is 25.1 Å². The van der Waals surface area contributed by atoms with Crippen LogP contribution in [0.3, 0.4) is 0 Å². The first-order valence-corrected chi connectivity index (χ1v) is 9.66. The average molecular weight is 386 g/mol. The Morgan fingerprint density at radius 2 is 1.83 bits per heavy atom. The van der Waals surface area contributed by atoms with Crippen LogP contribution in [-0.2, 0) is 16.0 Å². The van der Waals surface area contributed by atoms with Gasteiger partial charge in [0.15, 0.2) is 6.61 Å². The van der Waals surface area contributed by atoms with Crippen LogP contribution in [0.2, 0.25) is 0 Å². The van der Waals surface area contributed by atoms with Crippen molar-refractivity contribution in [2.45, 2.75) is 19.8 Å². The minimum absolute atomic E-state index is 0.350. The van der Waals surface area contributed by atoms with Crippen LogP contribution in [0.4, 0.5) is 0 Å². The number of hydrogen-bond acceptors (Lipinski definition) is 4. The molecule has 1 atom stereocenters. The highest BCUT2D eigenvalue weighted by molar-refractivity contribution is 6.07. The predicted molar refractivity (Wildman–Crippen MR) is 113 cm³/mol. The molecule has 4 rings (SSSR count). The summed E-state index contributed by atoms with van der Waals surface area (Å²) < 4.78 is 5.19. The number of carbonyl (C=O) groups excluding carboxylic acids is 2. The van der Waals surface area contributed by atoms with Gasteiger partial charge >= 0.3 is 5.97 Å². The first kappa shape index (κ1) is 18.9. The summed E-state index contributed by atoms with van der Waals surface area (Å²) in [5.74, 6) is -0.862. The minimum atomic E-state index is -0.677. The van der Waals surface area contributed by atoms with E-state index < -0.39 is 18.5 Å². The number of benzene rings is 2. The molecule has 0 aliphatic heterocycles. The van der Waals surface area contributed by atoms with Crippen molar-refractivity contribution in [1.29, 1.82) is 0 Å². The fraction of sp³-hybridized carbons (Fsp3) is 0.208. The highest BCUT2D eigenvalue weighted by Gasteiger charge is 2.28. The van der Waals surface area contributed by atoms with Crippen LogP contribution >= 0.6 is 0 Å². The maximum absolute atomic E-state index is 12.9. The van der Waals surface area contributed by atoms with Gasteiger partial charge in [0.05, 0.1) is 16.8 Å². The number of carbonyl (C=O) groups is 2. The molecule has 5 heteroatoms. The van der Waals surface area contributed by atoms with E-state index >= 15 is 0 Å². The van der Waals surface area contributed by atoms with Gasteiger partial charge in [0, 0.05) is 5.39 Å². The van der Waals surface area contributed by atoms with Crippen molar-refractivity contribution in [3.63, 3.8) is 0 Å². The Hall–Kier alpha value is -3.47. The zero-order chi connectivity index (χ0) is 20.4. The number of nitrogens with zero attached hydrogens (tertiary/aromatic N) is 1. The Morgan fingerprint density at radius 3 is 2.59 bits per heavy atom. The van der Waals surface area contributed by atoms with Gasteiger partial charge in [0.2, 0.25) is 0 Å². The lowest BCUT2D eigenvalue weighted by molar-refractivity contribution is -0.121. The van der Waals surface area contributed by atoms with Crippen LogP contribution < -0.4 is 5.73 Å². The number of fused-ring (bicyclic) bond motifs is 2. The summed E-state index contributed by atoms with van der Waals surface area (Å²) in [4.78, 5) is 28.9. The summed E-state index contributed by atoms with van der Waals surface area (Å²) >= 11 is 0. The number of para-hydroxylation sites is 1. The standard InChI is InChI=1S/C24H22N2O3/c1-15-11-17(13-16-7-3-2-4-8-16)23-19(12-15)22(24(28)29-14-21(25)27)18-9-5-6-10-20(18)26-23/h2-10,13,15H,11-12,14H2,1H3,(H2,25,27)/b17-13+. The third kappa shape index (κ3) is 3.90. The highest BCUT2D eigenvalue weighted by Crippen LogP contribution is 2.38. The number of nitrogens with two attached hydrogens (primary N) is 1. The molecule has 0 bridgehead atoms. The molecule has 1 amide bonds.